The molecule has 1 unspecified atom stereocenters. The zero-order valence-corrected chi connectivity index (χ0v) is 19.2. The molecule has 8 nitrogen and oxygen atoms in total. The van der Waals surface area contributed by atoms with Crippen LogP contribution in [0.3, 0.4) is 0 Å². The summed E-state index contributed by atoms with van der Waals surface area (Å²) in [7, 11) is 0. The highest BCUT2D eigenvalue weighted by molar-refractivity contribution is 5.86. The lowest BCUT2D eigenvalue weighted by atomic mass is 10.0. The first-order chi connectivity index (χ1) is 16.4. The molecule has 174 valence electrons. The van der Waals surface area contributed by atoms with Crippen LogP contribution < -0.4 is 15.4 Å². The number of anilines is 1. The molecule has 1 aromatic carbocycles. The number of aromatic amines is 1. The molecule has 3 aromatic heterocycles. The van der Waals surface area contributed by atoms with Crippen LogP contribution in [0.15, 0.2) is 43.4 Å². The van der Waals surface area contributed by atoms with Crippen LogP contribution in [0.25, 0.3) is 16.7 Å². The van der Waals surface area contributed by atoms with Crippen LogP contribution in [0.5, 0.6) is 11.6 Å². The molecule has 0 saturated heterocycles. The monoisotopic (exact) mass is 459 g/mol. The second-order valence-corrected chi connectivity index (χ2v) is 9.49. The lowest BCUT2D eigenvalue weighted by Gasteiger charge is -2.23. The second kappa shape index (κ2) is 7.66. The van der Waals surface area contributed by atoms with E-state index in [9.17, 15) is 0 Å². The molecule has 4 heterocycles. The summed E-state index contributed by atoms with van der Waals surface area (Å²) in [5, 5.41) is 14.5. The third-order valence-electron chi connectivity index (χ3n) is 6.89. The second-order valence-electron chi connectivity index (χ2n) is 9.49. The van der Waals surface area contributed by atoms with E-state index in [1.807, 2.05) is 12.1 Å². The van der Waals surface area contributed by atoms with Crippen LogP contribution in [0, 0.1) is 5.82 Å². The fraction of sp³-hybridized carbons (Fsp3) is 0.320. The van der Waals surface area contributed by atoms with E-state index in [-0.39, 0.29) is 17.2 Å². The number of benzene rings is 1. The van der Waals surface area contributed by atoms with Crippen molar-refractivity contribution in [1.82, 2.24) is 30.0 Å². The van der Waals surface area contributed by atoms with E-state index in [0.717, 1.165) is 36.2 Å². The number of hydrogen-bond acceptors (Lipinski definition) is 6. The van der Waals surface area contributed by atoms with E-state index >= 15 is 4.39 Å². The molecular formula is C25H26FN7O. The van der Waals surface area contributed by atoms with Gasteiger partial charge in [-0.15, -0.1) is 0 Å². The first kappa shape index (κ1) is 20.9. The normalized spacial score (nSPS) is 18.5. The molecule has 0 spiro atoms. The summed E-state index contributed by atoms with van der Waals surface area (Å²) in [5.41, 5.74) is 3.79. The van der Waals surface area contributed by atoms with E-state index in [1.54, 1.807) is 22.9 Å². The van der Waals surface area contributed by atoms with Crippen molar-refractivity contribution >= 4 is 22.5 Å². The van der Waals surface area contributed by atoms with E-state index in [0.29, 0.717) is 35.0 Å². The summed E-state index contributed by atoms with van der Waals surface area (Å²) < 4.78 is 23.2. The minimum atomic E-state index is -0.442. The van der Waals surface area contributed by atoms with Gasteiger partial charge in [0.25, 0.3) is 0 Å². The predicted octanol–water partition coefficient (Wildman–Crippen LogP) is 4.71. The first-order valence-corrected chi connectivity index (χ1v) is 11.5. The van der Waals surface area contributed by atoms with Gasteiger partial charge in [-0.05, 0) is 44.4 Å². The van der Waals surface area contributed by atoms with Crippen molar-refractivity contribution in [3.63, 3.8) is 0 Å². The van der Waals surface area contributed by atoms with Crippen molar-refractivity contribution in [2.75, 3.05) is 5.32 Å². The van der Waals surface area contributed by atoms with Gasteiger partial charge in [-0.25, -0.2) is 14.4 Å². The van der Waals surface area contributed by atoms with Gasteiger partial charge in [0.2, 0.25) is 5.88 Å². The van der Waals surface area contributed by atoms with Crippen molar-refractivity contribution in [3.8, 4) is 11.6 Å². The minimum Gasteiger partial charge on any atom is -0.436 e. The van der Waals surface area contributed by atoms with Gasteiger partial charge in [-0.2, -0.15) is 5.10 Å². The molecular weight excluding hydrogens is 433 g/mol. The molecule has 0 amide bonds. The van der Waals surface area contributed by atoms with Crippen molar-refractivity contribution in [1.29, 1.82) is 0 Å². The number of fused-ring (bicyclic) bond motifs is 2. The van der Waals surface area contributed by atoms with Crippen molar-refractivity contribution in [3.05, 3.63) is 66.1 Å². The molecule has 9 heteroatoms. The summed E-state index contributed by atoms with van der Waals surface area (Å²) in [6.45, 7) is 9.08. The van der Waals surface area contributed by atoms with Gasteiger partial charge in [-0.1, -0.05) is 13.5 Å². The first-order valence-electron chi connectivity index (χ1n) is 11.5. The number of aromatic nitrogens is 5. The van der Waals surface area contributed by atoms with Crippen molar-refractivity contribution < 1.29 is 9.13 Å². The Morgan fingerprint density at radius 2 is 2.15 bits per heavy atom. The van der Waals surface area contributed by atoms with Crippen LogP contribution in [-0.4, -0.2) is 30.8 Å². The molecule has 1 saturated carbocycles. The topological polar surface area (TPSA) is 92.7 Å². The molecule has 3 N–H and O–H groups in total. The Hall–Kier alpha value is -3.72. The Bertz CT molecular complexity index is 1420. The number of halogens is 1. The van der Waals surface area contributed by atoms with Gasteiger partial charge in [0.1, 0.15) is 12.1 Å². The Kier molecular flexibility index (Phi) is 4.70. The van der Waals surface area contributed by atoms with Gasteiger partial charge in [-0.3, -0.25) is 5.10 Å². The third-order valence-corrected chi connectivity index (χ3v) is 6.89. The van der Waals surface area contributed by atoms with E-state index in [4.69, 9.17) is 4.74 Å². The number of H-pyrrole nitrogens is 1. The van der Waals surface area contributed by atoms with E-state index in [2.05, 4.69) is 51.2 Å². The summed E-state index contributed by atoms with van der Waals surface area (Å²) >= 11 is 0. The number of rotatable bonds is 6. The Labute approximate surface area is 196 Å². The molecule has 0 bridgehead atoms. The summed E-state index contributed by atoms with van der Waals surface area (Å²) in [6, 6.07) is 7.45. The van der Waals surface area contributed by atoms with Gasteiger partial charge in [0.05, 0.1) is 11.2 Å². The molecule has 0 radical (unpaired) electrons. The maximum atomic E-state index is 15.4. The maximum absolute atomic E-state index is 15.4. The fourth-order valence-corrected chi connectivity index (χ4v) is 4.46. The number of nitrogens with one attached hydrogen (secondary N) is 3. The van der Waals surface area contributed by atoms with Gasteiger partial charge in [0, 0.05) is 46.9 Å². The predicted molar refractivity (Wildman–Crippen MR) is 128 cm³/mol. The molecule has 1 aliphatic carbocycles. The van der Waals surface area contributed by atoms with Crippen molar-refractivity contribution in [2.24, 2.45) is 0 Å². The average molecular weight is 460 g/mol. The lowest BCUT2D eigenvalue weighted by molar-refractivity contribution is 0.409. The van der Waals surface area contributed by atoms with Gasteiger partial charge >= 0.3 is 0 Å². The minimum absolute atomic E-state index is 0.130. The third kappa shape index (κ3) is 3.52. The SMILES string of the molecule is C=C(Nc1cc(C2(C)CC2)[nH]n1)n1ccc2c(F)c(Oc3ncnc4c3CC(C)NC4)ccc21. The molecule has 6 rings (SSSR count). The van der Waals surface area contributed by atoms with Crippen molar-refractivity contribution in [2.45, 2.75) is 51.1 Å². The number of hydrogen-bond donors (Lipinski definition) is 3. The summed E-state index contributed by atoms with van der Waals surface area (Å²) in [4.78, 5) is 8.61. The molecule has 34 heavy (non-hydrogen) atoms. The van der Waals surface area contributed by atoms with Crippen LogP contribution in [0.2, 0.25) is 0 Å². The highest BCUT2D eigenvalue weighted by Gasteiger charge is 2.40. The highest BCUT2D eigenvalue weighted by atomic mass is 19.1. The summed E-state index contributed by atoms with van der Waals surface area (Å²) in [5.74, 6) is 1.36. The van der Waals surface area contributed by atoms with Gasteiger partial charge < -0.3 is 19.9 Å². The van der Waals surface area contributed by atoms with Crippen LogP contribution in [0.1, 0.15) is 43.6 Å². The maximum Gasteiger partial charge on any atom is 0.226 e. The average Bonchev–Trinajstić information content (AvgIpc) is 3.22. The van der Waals surface area contributed by atoms with Crippen LogP contribution in [0.4, 0.5) is 10.2 Å². The molecule has 1 fully saturated rings. The Balaban J connectivity index is 1.26. The molecule has 1 aliphatic heterocycles. The number of nitrogens with zero attached hydrogens (tertiary/aromatic N) is 4. The highest BCUT2D eigenvalue weighted by Crippen LogP contribution is 2.47. The largest absolute Gasteiger partial charge is 0.436 e. The quantitative estimate of drug-likeness (QED) is 0.387. The van der Waals surface area contributed by atoms with Gasteiger partial charge in [0.15, 0.2) is 17.4 Å². The smallest absolute Gasteiger partial charge is 0.226 e. The van der Waals surface area contributed by atoms with E-state index in [1.165, 1.54) is 6.33 Å². The zero-order chi connectivity index (χ0) is 23.4. The molecule has 4 aromatic rings. The molecule has 2 aliphatic rings. The number of ether oxygens (including phenoxy) is 1. The fourth-order valence-electron chi connectivity index (χ4n) is 4.46. The Morgan fingerprint density at radius 3 is 2.97 bits per heavy atom. The van der Waals surface area contributed by atoms with E-state index < -0.39 is 5.82 Å². The van der Waals surface area contributed by atoms with Crippen LogP contribution >= 0.6 is 0 Å². The zero-order valence-electron chi connectivity index (χ0n) is 19.2. The molecule has 1 atom stereocenters. The lowest BCUT2D eigenvalue weighted by Crippen LogP contribution is -2.33. The van der Waals surface area contributed by atoms with Crippen LogP contribution in [-0.2, 0) is 18.4 Å². The Morgan fingerprint density at radius 1 is 1.29 bits per heavy atom. The standard InChI is InChI=1S/C25H26FN7O/c1-14-10-17-18(12-27-14)28-13-29-24(17)34-20-5-4-19-16(23(20)26)6-9-33(19)15(2)30-22-11-21(31-32-22)25(3)7-8-25/h4-6,9,11,13-14,27H,2,7-8,10,12H2,1,3H3,(H2,30,31,32). The summed E-state index contributed by atoms with van der Waals surface area (Å²) in [6.07, 6.45) is 6.29.